The minimum absolute atomic E-state index is 0.616. The summed E-state index contributed by atoms with van der Waals surface area (Å²) in [4.78, 5) is 14.3. The number of anilines is 1. The first-order valence-electron chi connectivity index (χ1n) is 4.06. The normalized spacial score (nSPS) is 9.71. The van der Waals surface area contributed by atoms with E-state index in [9.17, 15) is 4.79 Å². The zero-order chi connectivity index (χ0) is 9.80. The van der Waals surface area contributed by atoms with Gasteiger partial charge in [-0.05, 0) is 18.2 Å². The van der Waals surface area contributed by atoms with E-state index in [4.69, 9.17) is 0 Å². The molecule has 5 heteroatoms. The molecule has 14 heavy (non-hydrogen) atoms. The van der Waals surface area contributed by atoms with E-state index in [0.29, 0.717) is 17.9 Å². The highest BCUT2D eigenvalue weighted by atomic mass is 16.1. The fourth-order valence-corrected chi connectivity index (χ4v) is 1.08. The number of carbonyl (C=O) groups is 1. The second kappa shape index (κ2) is 3.69. The third-order valence-corrected chi connectivity index (χ3v) is 1.71. The molecular weight excluding hydrogens is 180 g/mol. The average molecular weight is 188 g/mol. The summed E-state index contributed by atoms with van der Waals surface area (Å²) in [6.45, 7) is 0. The Morgan fingerprint density at radius 3 is 2.93 bits per heavy atom. The average Bonchev–Trinajstić information content (AvgIpc) is 2.72. The van der Waals surface area contributed by atoms with Gasteiger partial charge in [-0.2, -0.15) is 5.10 Å². The van der Waals surface area contributed by atoms with Crippen LogP contribution in [0.4, 0.5) is 5.69 Å². The third kappa shape index (κ3) is 1.61. The summed E-state index contributed by atoms with van der Waals surface area (Å²) in [5, 5.41) is 6.53. The number of carbonyl (C=O) groups excluding carboxylic acids is 1. The number of hydrogen-bond acceptors (Lipinski definition) is 3. The molecule has 0 aliphatic heterocycles. The predicted molar refractivity (Wildman–Crippen MR) is 51.0 cm³/mol. The predicted octanol–water partition coefficient (Wildman–Crippen LogP) is 0.836. The Morgan fingerprint density at radius 2 is 2.36 bits per heavy atom. The maximum absolute atomic E-state index is 10.1. The Morgan fingerprint density at radius 1 is 1.43 bits per heavy atom. The van der Waals surface area contributed by atoms with Gasteiger partial charge < -0.3 is 5.32 Å². The minimum Gasteiger partial charge on any atom is -0.327 e. The molecule has 0 aliphatic rings. The summed E-state index contributed by atoms with van der Waals surface area (Å²) in [5.74, 6) is 0.714. The van der Waals surface area contributed by atoms with Crippen molar-refractivity contribution in [2.45, 2.75) is 0 Å². The lowest BCUT2D eigenvalue weighted by molar-refractivity contribution is -0.105. The molecule has 2 heterocycles. The van der Waals surface area contributed by atoms with Gasteiger partial charge in [-0.3, -0.25) is 4.79 Å². The van der Waals surface area contributed by atoms with Crippen LogP contribution in [0.5, 0.6) is 0 Å². The van der Waals surface area contributed by atoms with Crippen LogP contribution in [0.25, 0.3) is 5.82 Å². The van der Waals surface area contributed by atoms with Crippen LogP contribution in [0.1, 0.15) is 0 Å². The number of aromatic nitrogens is 3. The molecule has 5 nitrogen and oxygen atoms in total. The lowest BCUT2D eigenvalue weighted by atomic mass is 10.4. The third-order valence-electron chi connectivity index (χ3n) is 1.71. The first-order chi connectivity index (χ1) is 6.90. The molecule has 2 aromatic heterocycles. The Kier molecular flexibility index (Phi) is 2.22. The topological polar surface area (TPSA) is 59.8 Å². The Labute approximate surface area is 80.4 Å². The zero-order valence-electron chi connectivity index (χ0n) is 7.29. The number of pyridine rings is 1. The fraction of sp³-hybridized carbons (Fsp3) is 0. The van der Waals surface area contributed by atoms with Crippen molar-refractivity contribution in [3.63, 3.8) is 0 Å². The zero-order valence-corrected chi connectivity index (χ0v) is 7.29. The summed E-state index contributed by atoms with van der Waals surface area (Å²) in [6, 6.07) is 5.36. The van der Waals surface area contributed by atoms with Crippen molar-refractivity contribution in [1.29, 1.82) is 0 Å². The van der Waals surface area contributed by atoms with Crippen LogP contribution in [0.2, 0.25) is 0 Å². The van der Waals surface area contributed by atoms with Crippen molar-refractivity contribution in [2.75, 3.05) is 5.32 Å². The molecule has 0 aliphatic carbocycles. The van der Waals surface area contributed by atoms with E-state index < -0.39 is 0 Å². The van der Waals surface area contributed by atoms with E-state index in [1.807, 2.05) is 6.07 Å². The van der Waals surface area contributed by atoms with Gasteiger partial charge in [0.2, 0.25) is 6.41 Å². The molecular formula is C9H8N4O. The van der Waals surface area contributed by atoms with Gasteiger partial charge >= 0.3 is 0 Å². The van der Waals surface area contributed by atoms with Gasteiger partial charge in [-0.25, -0.2) is 9.67 Å². The van der Waals surface area contributed by atoms with Crippen LogP contribution in [-0.2, 0) is 4.79 Å². The van der Waals surface area contributed by atoms with Crippen LogP contribution in [-0.4, -0.2) is 21.2 Å². The summed E-state index contributed by atoms with van der Waals surface area (Å²) in [6.07, 6.45) is 5.67. The summed E-state index contributed by atoms with van der Waals surface area (Å²) in [5.41, 5.74) is 0.663. The van der Waals surface area contributed by atoms with Gasteiger partial charge in [-0.15, -0.1) is 0 Å². The molecule has 0 fully saturated rings. The summed E-state index contributed by atoms with van der Waals surface area (Å²) >= 11 is 0. The van der Waals surface area contributed by atoms with E-state index >= 15 is 0 Å². The van der Waals surface area contributed by atoms with Crippen LogP contribution >= 0.6 is 0 Å². The van der Waals surface area contributed by atoms with Gasteiger partial charge in [0.05, 0.1) is 11.9 Å². The highest BCUT2D eigenvalue weighted by Gasteiger charge is 1.96. The SMILES string of the molecule is O=CNc1ccc(-n2cccn2)nc1. The summed E-state index contributed by atoms with van der Waals surface area (Å²) in [7, 11) is 0. The smallest absolute Gasteiger partial charge is 0.211 e. The molecule has 1 N–H and O–H groups in total. The number of rotatable bonds is 3. The second-order valence-electron chi connectivity index (χ2n) is 2.62. The first kappa shape index (κ1) is 8.43. The van der Waals surface area contributed by atoms with Crippen molar-refractivity contribution in [3.8, 4) is 5.82 Å². The minimum atomic E-state index is 0.616. The van der Waals surface area contributed by atoms with Crippen molar-refractivity contribution >= 4 is 12.1 Å². The van der Waals surface area contributed by atoms with Gasteiger partial charge in [0.1, 0.15) is 0 Å². The van der Waals surface area contributed by atoms with Crippen molar-refractivity contribution in [3.05, 3.63) is 36.8 Å². The molecule has 0 saturated carbocycles. The van der Waals surface area contributed by atoms with Crippen LogP contribution in [0, 0.1) is 0 Å². The molecule has 0 spiro atoms. The lowest BCUT2D eigenvalue weighted by Gasteiger charge is -2.01. The molecule has 0 aromatic carbocycles. The van der Waals surface area contributed by atoms with E-state index in [1.165, 1.54) is 0 Å². The van der Waals surface area contributed by atoms with Gasteiger partial charge in [0, 0.05) is 12.4 Å². The fourth-order valence-electron chi connectivity index (χ4n) is 1.08. The number of hydrogen-bond donors (Lipinski definition) is 1. The van der Waals surface area contributed by atoms with E-state index in [1.54, 1.807) is 35.4 Å². The largest absolute Gasteiger partial charge is 0.327 e. The Balaban J connectivity index is 2.26. The van der Waals surface area contributed by atoms with Gasteiger partial charge in [-0.1, -0.05) is 0 Å². The van der Waals surface area contributed by atoms with Gasteiger partial charge in [0.15, 0.2) is 5.82 Å². The van der Waals surface area contributed by atoms with Gasteiger partial charge in [0.25, 0.3) is 0 Å². The highest BCUT2D eigenvalue weighted by Crippen LogP contribution is 2.07. The number of nitrogens with one attached hydrogen (secondary N) is 1. The number of amides is 1. The molecule has 70 valence electrons. The maximum atomic E-state index is 10.1. The van der Waals surface area contributed by atoms with E-state index in [2.05, 4.69) is 15.4 Å². The maximum Gasteiger partial charge on any atom is 0.211 e. The molecule has 0 saturated heterocycles. The first-order valence-corrected chi connectivity index (χ1v) is 4.06. The summed E-state index contributed by atoms with van der Waals surface area (Å²) < 4.78 is 1.64. The monoisotopic (exact) mass is 188 g/mol. The Hall–Kier alpha value is -2.17. The molecule has 1 amide bonds. The number of nitrogens with zero attached hydrogens (tertiary/aromatic N) is 3. The Bertz CT molecular complexity index is 407. The molecule has 0 atom stereocenters. The van der Waals surface area contributed by atoms with Crippen LogP contribution < -0.4 is 5.32 Å². The van der Waals surface area contributed by atoms with Crippen molar-refractivity contribution in [1.82, 2.24) is 14.8 Å². The molecule has 0 radical (unpaired) electrons. The lowest BCUT2D eigenvalue weighted by Crippen LogP contribution is -1.99. The van der Waals surface area contributed by atoms with E-state index in [-0.39, 0.29) is 0 Å². The quantitative estimate of drug-likeness (QED) is 0.726. The standard InChI is InChI=1S/C9H8N4O/c14-7-11-8-2-3-9(10-6-8)13-5-1-4-12-13/h1-7H,(H,11,14). The van der Waals surface area contributed by atoms with E-state index in [0.717, 1.165) is 0 Å². The second-order valence-corrected chi connectivity index (χ2v) is 2.62. The van der Waals surface area contributed by atoms with Crippen molar-refractivity contribution < 1.29 is 4.79 Å². The van der Waals surface area contributed by atoms with Crippen LogP contribution in [0.3, 0.4) is 0 Å². The highest BCUT2D eigenvalue weighted by molar-refractivity contribution is 5.70. The molecule has 0 bridgehead atoms. The molecule has 0 unspecified atom stereocenters. The molecule has 2 aromatic rings. The van der Waals surface area contributed by atoms with Crippen LogP contribution in [0.15, 0.2) is 36.8 Å². The molecule has 2 rings (SSSR count). The van der Waals surface area contributed by atoms with Crippen molar-refractivity contribution in [2.24, 2.45) is 0 Å².